The Morgan fingerprint density at radius 2 is 1.72 bits per heavy atom. The summed E-state index contributed by atoms with van der Waals surface area (Å²) in [5.74, 6) is -0.813. The van der Waals surface area contributed by atoms with Crippen LogP contribution in [-0.4, -0.2) is 16.8 Å². The molecule has 3 aromatic rings. The summed E-state index contributed by atoms with van der Waals surface area (Å²) >= 11 is 6.16. The van der Waals surface area contributed by atoms with Crippen LogP contribution >= 0.6 is 11.6 Å². The van der Waals surface area contributed by atoms with Gasteiger partial charge in [0.1, 0.15) is 0 Å². The van der Waals surface area contributed by atoms with E-state index in [9.17, 15) is 14.7 Å². The molecule has 0 radical (unpaired) electrons. The number of ketones is 1. The van der Waals surface area contributed by atoms with Gasteiger partial charge in [-0.3, -0.25) is 9.59 Å². The largest absolute Gasteiger partial charge is 0.375 e. The second kappa shape index (κ2) is 7.47. The molecule has 3 aromatic carbocycles. The highest BCUT2D eigenvalue weighted by atomic mass is 35.5. The van der Waals surface area contributed by atoms with E-state index in [2.05, 4.69) is 0 Å². The molecule has 0 saturated carbocycles. The number of Topliss-reactive ketones (excluding diaryl/α,β-unsaturated/α-hetero) is 1. The third-order valence-corrected chi connectivity index (χ3v) is 5.63. The summed E-state index contributed by atoms with van der Waals surface area (Å²) in [5.41, 5.74) is 1.47. The first-order valence-corrected chi connectivity index (χ1v) is 9.75. The lowest BCUT2D eigenvalue weighted by Crippen LogP contribution is -2.41. The Bertz CT molecular complexity index is 1100. The molecule has 1 unspecified atom stereocenters. The molecule has 1 N–H and O–H groups in total. The molecule has 0 bridgehead atoms. The summed E-state index contributed by atoms with van der Waals surface area (Å²) in [7, 11) is 0. The number of rotatable bonds is 5. The smallest absolute Gasteiger partial charge is 0.264 e. The van der Waals surface area contributed by atoms with Gasteiger partial charge in [0.2, 0.25) is 0 Å². The number of halogens is 1. The molecule has 0 fully saturated rings. The zero-order chi connectivity index (χ0) is 20.6. The van der Waals surface area contributed by atoms with Crippen LogP contribution in [0.5, 0.6) is 0 Å². The van der Waals surface area contributed by atoms with E-state index in [1.54, 1.807) is 42.5 Å². The molecule has 1 amide bonds. The lowest BCUT2D eigenvalue weighted by atomic mass is 9.88. The number of anilines is 1. The van der Waals surface area contributed by atoms with Gasteiger partial charge in [0.05, 0.1) is 18.7 Å². The number of carbonyl (C=O) groups excluding carboxylic acids is 2. The summed E-state index contributed by atoms with van der Waals surface area (Å²) in [5, 5.41) is 11.8. The van der Waals surface area contributed by atoms with Crippen LogP contribution in [0.4, 0.5) is 5.69 Å². The molecule has 0 aliphatic carbocycles. The zero-order valence-electron chi connectivity index (χ0n) is 15.9. The van der Waals surface area contributed by atoms with Crippen molar-refractivity contribution in [1.29, 1.82) is 0 Å². The van der Waals surface area contributed by atoms with Gasteiger partial charge < -0.3 is 10.0 Å². The van der Waals surface area contributed by atoms with Crippen molar-refractivity contribution in [3.8, 4) is 0 Å². The number of carbonyl (C=O) groups is 2. The van der Waals surface area contributed by atoms with Crippen molar-refractivity contribution in [1.82, 2.24) is 0 Å². The predicted molar refractivity (Wildman–Crippen MR) is 113 cm³/mol. The molecule has 4 nitrogen and oxygen atoms in total. The Kier molecular flexibility index (Phi) is 4.99. The van der Waals surface area contributed by atoms with Crippen LogP contribution in [-0.2, 0) is 16.9 Å². The molecular weight excluding hydrogens is 386 g/mol. The average Bonchev–Trinajstić information content (AvgIpc) is 2.92. The van der Waals surface area contributed by atoms with Crippen molar-refractivity contribution < 1.29 is 14.7 Å². The Balaban J connectivity index is 1.73. The van der Waals surface area contributed by atoms with Crippen molar-refractivity contribution in [2.75, 3.05) is 4.90 Å². The van der Waals surface area contributed by atoms with E-state index in [-0.39, 0.29) is 12.2 Å². The van der Waals surface area contributed by atoms with Crippen LogP contribution in [0.15, 0.2) is 72.8 Å². The van der Waals surface area contributed by atoms with Gasteiger partial charge in [-0.15, -0.1) is 0 Å². The summed E-state index contributed by atoms with van der Waals surface area (Å²) in [6.07, 6.45) is -0.340. The third kappa shape index (κ3) is 3.46. The molecule has 146 valence electrons. The number of aliphatic hydroxyl groups is 1. The number of amides is 1. The molecule has 1 heterocycles. The Morgan fingerprint density at radius 1 is 1.03 bits per heavy atom. The third-order valence-electron chi connectivity index (χ3n) is 5.40. The van der Waals surface area contributed by atoms with Crippen LogP contribution in [0, 0.1) is 6.92 Å². The van der Waals surface area contributed by atoms with Gasteiger partial charge >= 0.3 is 0 Å². The molecule has 0 spiro atoms. The highest BCUT2D eigenvalue weighted by Gasteiger charge is 2.51. The van der Waals surface area contributed by atoms with Crippen molar-refractivity contribution in [3.05, 3.63) is 100 Å². The Morgan fingerprint density at radius 3 is 2.45 bits per heavy atom. The second-order valence-corrected chi connectivity index (χ2v) is 7.74. The van der Waals surface area contributed by atoms with E-state index in [0.29, 0.717) is 28.4 Å². The van der Waals surface area contributed by atoms with Gasteiger partial charge in [-0.05, 0) is 36.2 Å². The topological polar surface area (TPSA) is 57.6 Å². The lowest BCUT2D eigenvalue weighted by Gasteiger charge is -2.23. The van der Waals surface area contributed by atoms with Crippen molar-refractivity contribution in [3.63, 3.8) is 0 Å². The van der Waals surface area contributed by atoms with E-state index in [4.69, 9.17) is 11.6 Å². The van der Waals surface area contributed by atoms with E-state index in [0.717, 1.165) is 11.1 Å². The number of hydrogen-bond donors (Lipinski definition) is 1. The Hall–Kier alpha value is -2.95. The van der Waals surface area contributed by atoms with E-state index in [1.807, 2.05) is 37.3 Å². The van der Waals surface area contributed by atoms with Gasteiger partial charge in [0.25, 0.3) is 5.91 Å². The van der Waals surface area contributed by atoms with Crippen LogP contribution < -0.4 is 4.90 Å². The van der Waals surface area contributed by atoms with E-state index >= 15 is 0 Å². The molecule has 5 heteroatoms. The molecule has 1 atom stereocenters. The normalized spacial score (nSPS) is 18.0. The minimum atomic E-state index is -1.95. The van der Waals surface area contributed by atoms with Gasteiger partial charge in [-0.2, -0.15) is 0 Å². The van der Waals surface area contributed by atoms with Gasteiger partial charge in [0, 0.05) is 16.1 Å². The lowest BCUT2D eigenvalue weighted by molar-refractivity contribution is -0.136. The summed E-state index contributed by atoms with van der Waals surface area (Å²) in [6.45, 7) is 2.28. The highest BCUT2D eigenvalue weighted by Crippen LogP contribution is 2.44. The maximum atomic E-state index is 13.4. The molecule has 4 rings (SSSR count). The molecular formula is C24H20ClNO3. The molecule has 0 aromatic heterocycles. The monoisotopic (exact) mass is 405 g/mol. The minimum Gasteiger partial charge on any atom is -0.375 e. The fraction of sp³-hybridized carbons (Fsp3) is 0.167. The number of nitrogens with zero attached hydrogens (tertiary/aromatic N) is 1. The molecule has 29 heavy (non-hydrogen) atoms. The Labute approximate surface area is 174 Å². The molecule has 1 aliphatic rings. The summed E-state index contributed by atoms with van der Waals surface area (Å²) < 4.78 is 0. The van der Waals surface area contributed by atoms with Gasteiger partial charge in [0.15, 0.2) is 11.4 Å². The SMILES string of the molecule is Cc1ccccc1CN1C(=O)C(O)(CC(=O)c2ccccc2)c2cc(Cl)ccc21. The van der Waals surface area contributed by atoms with Crippen LogP contribution in [0.2, 0.25) is 5.02 Å². The fourth-order valence-corrected chi connectivity index (χ4v) is 3.94. The van der Waals surface area contributed by atoms with Crippen LogP contribution in [0.25, 0.3) is 0 Å². The first kappa shape index (κ1) is 19.4. The minimum absolute atomic E-state index is 0.301. The second-order valence-electron chi connectivity index (χ2n) is 7.31. The number of aryl methyl sites for hydroxylation is 1. The summed E-state index contributed by atoms with van der Waals surface area (Å²) in [4.78, 5) is 27.7. The standard InChI is InChI=1S/C24H20ClNO3/c1-16-7-5-6-10-18(16)15-26-21-12-11-19(25)13-20(21)24(29,23(26)28)14-22(27)17-8-3-2-4-9-17/h2-13,29H,14-15H2,1H3. The van der Waals surface area contributed by atoms with Crippen LogP contribution in [0.3, 0.4) is 0 Å². The van der Waals surface area contributed by atoms with Gasteiger partial charge in [-0.25, -0.2) is 0 Å². The fourth-order valence-electron chi connectivity index (χ4n) is 3.77. The van der Waals surface area contributed by atoms with Crippen molar-refractivity contribution in [2.45, 2.75) is 25.5 Å². The summed E-state index contributed by atoms with van der Waals surface area (Å²) in [6, 6.07) is 21.4. The predicted octanol–water partition coefficient (Wildman–Crippen LogP) is 4.66. The first-order chi connectivity index (χ1) is 13.9. The first-order valence-electron chi connectivity index (χ1n) is 9.37. The quantitative estimate of drug-likeness (QED) is 0.628. The maximum absolute atomic E-state index is 13.4. The van der Waals surface area contributed by atoms with Crippen LogP contribution in [0.1, 0.15) is 33.5 Å². The van der Waals surface area contributed by atoms with Gasteiger partial charge in [-0.1, -0.05) is 66.2 Å². The number of hydrogen-bond acceptors (Lipinski definition) is 3. The average molecular weight is 406 g/mol. The maximum Gasteiger partial charge on any atom is 0.264 e. The van der Waals surface area contributed by atoms with E-state index < -0.39 is 11.5 Å². The zero-order valence-corrected chi connectivity index (χ0v) is 16.7. The number of fused-ring (bicyclic) bond motifs is 1. The van der Waals surface area contributed by atoms with Crippen molar-refractivity contribution in [2.24, 2.45) is 0 Å². The highest BCUT2D eigenvalue weighted by molar-refractivity contribution is 6.31. The molecule has 0 saturated heterocycles. The van der Waals surface area contributed by atoms with Crippen molar-refractivity contribution >= 4 is 29.0 Å². The molecule has 1 aliphatic heterocycles. The van der Waals surface area contributed by atoms with E-state index in [1.165, 1.54) is 4.90 Å². The number of benzene rings is 3.